The summed E-state index contributed by atoms with van der Waals surface area (Å²) in [4.78, 5) is 0.141. The maximum Gasteiger partial charge on any atom is 0.295 e. The highest BCUT2D eigenvalue weighted by Gasteiger charge is 2.27. The molecular weight excluding hydrogens is 406 g/mol. The third-order valence-electron chi connectivity index (χ3n) is 6.51. The molecule has 0 atom stereocenters. The molecule has 0 fully saturated rings. The van der Waals surface area contributed by atoms with Crippen LogP contribution in [0.15, 0.2) is 4.90 Å². The van der Waals surface area contributed by atoms with E-state index >= 15 is 0 Å². The fourth-order valence-electron chi connectivity index (χ4n) is 4.85. The van der Waals surface area contributed by atoms with Crippen LogP contribution >= 0.6 is 0 Å². The van der Waals surface area contributed by atoms with Crippen molar-refractivity contribution in [3.05, 3.63) is 27.8 Å². The topological polar surface area (TPSA) is 80.4 Å². The second-order valence-corrected chi connectivity index (χ2v) is 10.8. The lowest BCUT2D eigenvalue weighted by atomic mass is 9.84. The van der Waals surface area contributed by atoms with Gasteiger partial charge >= 0.3 is 0 Å². The molecule has 0 aliphatic carbocycles. The summed E-state index contributed by atoms with van der Waals surface area (Å²) >= 11 is 0. The molecule has 3 N–H and O–H groups in total. The molecule has 0 aliphatic rings. The Morgan fingerprint density at radius 3 is 1.71 bits per heavy atom. The third kappa shape index (κ3) is 8.86. The quantitative estimate of drug-likeness (QED) is 0.208. The summed E-state index contributed by atoms with van der Waals surface area (Å²) in [6.45, 7) is 10.8. The van der Waals surface area contributed by atoms with E-state index in [1.807, 2.05) is 20.8 Å². The number of hydrogen-bond donors (Lipinski definition) is 2. The van der Waals surface area contributed by atoms with Crippen LogP contribution in [-0.4, -0.2) is 19.5 Å². The van der Waals surface area contributed by atoms with Crippen LogP contribution in [-0.2, 0) is 23.0 Å². The van der Waals surface area contributed by atoms with Crippen molar-refractivity contribution >= 4 is 10.1 Å². The Bertz CT molecular complexity index is 770. The normalized spacial score (nSPS) is 12.1. The maximum atomic E-state index is 12.3. The number of rotatable bonds is 16. The monoisotopic (exact) mass is 453 g/mol. The highest BCUT2D eigenvalue weighted by molar-refractivity contribution is 7.86. The molecule has 0 aromatic heterocycles. The molecule has 1 rings (SSSR count). The van der Waals surface area contributed by atoms with Crippen LogP contribution in [0.1, 0.15) is 125 Å². The van der Waals surface area contributed by atoms with Gasteiger partial charge in [-0.3, -0.25) is 4.55 Å². The Labute approximate surface area is 192 Å². The van der Waals surface area contributed by atoms with E-state index in [-0.39, 0.29) is 10.8 Å². The molecule has 0 unspecified atom stereocenters. The van der Waals surface area contributed by atoms with Crippen molar-refractivity contribution in [2.24, 2.45) is 5.73 Å². The standard InChI is InChI=1S/C26H47NO3S/c1-6-7-8-9-10-11-12-13-14-15-17-24-21(4)23(18-16-19-27)22(5)26(31(28,29)30)25(24)20(2)3/h20H,6-19,27H2,1-5H3,(H,28,29,30). The van der Waals surface area contributed by atoms with Gasteiger partial charge in [0.25, 0.3) is 10.1 Å². The van der Waals surface area contributed by atoms with Crippen LogP contribution in [0.4, 0.5) is 0 Å². The van der Waals surface area contributed by atoms with Crippen molar-refractivity contribution in [2.75, 3.05) is 6.54 Å². The van der Waals surface area contributed by atoms with Gasteiger partial charge in [0, 0.05) is 0 Å². The third-order valence-corrected chi connectivity index (χ3v) is 7.56. The second-order valence-electron chi connectivity index (χ2n) is 9.40. The fraction of sp³-hybridized carbons (Fsp3) is 0.769. The minimum atomic E-state index is -4.28. The zero-order chi connectivity index (χ0) is 23.4. The molecule has 0 spiro atoms. The van der Waals surface area contributed by atoms with Crippen LogP contribution < -0.4 is 5.73 Å². The van der Waals surface area contributed by atoms with Crippen LogP contribution in [0.2, 0.25) is 0 Å². The first-order chi connectivity index (χ1) is 14.7. The predicted molar refractivity (Wildman–Crippen MR) is 133 cm³/mol. The minimum Gasteiger partial charge on any atom is -0.330 e. The van der Waals surface area contributed by atoms with Crippen LogP contribution in [0.25, 0.3) is 0 Å². The van der Waals surface area contributed by atoms with E-state index in [0.29, 0.717) is 12.1 Å². The molecule has 0 saturated heterocycles. The van der Waals surface area contributed by atoms with Gasteiger partial charge in [0.1, 0.15) is 4.90 Å². The molecule has 0 saturated carbocycles. The molecule has 0 bridgehead atoms. The number of unbranched alkanes of at least 4 members (excludes halogenated alkanes) is 9. The van der Waals surface area contributed by atoms with E-state index in [1.165, 1.54) is 63.4 Å². The van der Waals surface area contributed by atoms with Crippen molar-refractivity contribution in [3.8, 4) is 0 Å². The molecule has 1 aromatic carbocycles. The van der Waals surface area contributed by atoms with E-state index in [4.69, 9.17) is 5.73 Å². The Morgan fingerprint density at radius 1 is 0.774 bits per heavy atom. The first-order valence-corrected chi connectivity index (χ1v) is 13.9. The van der Waals surface area contributed by atoms with E-state index in [0.717, 1.165) is 42.4 Å². The van der Waals surface area contributed by atoms with Crippen LogP contribution in [0.3, 0.4) is 0 Å². The van der Waals surface area contributed by atoms with Gasteiger partial charge in [-0.25, -0.2) is 0 Å². The number of benzene rings is 1. The van der Waals surface area contributed by atoms with Crippen molar-refractivity contribution in [3.63, 3.8) is 0 Å². The summed E-state index contributed by atoms with van der Waals surface area (Å²) in [7, 11) is -4.28. The highest BCUT2D eigenvalue weighted by Crippen LogP contribution is 2.37. The summed E-state index contributed by atoms with van der Waals surface area (Å²) in [5.41, 5.74) is 10.6. The average Bonchev–Trinajstić information content (AvgIpc) is 2.69. The summed E-state index contributed by atoms with van der Waals surface area (Å²) in [6, 6.07) is 0. The van der Waals surface area contributed by atoms with Gasteiger partial charge in [-0.1, -0.05) is 78.6 Å². The smallest absolute Gasteiger partial charge is 0.295 e. The molecule has 31 heavy (non-hydrogen) atoms. The zero-order valence-electron chi connectivity index (χ0n) is 20.7. The van der Waals surface area contributed by atoms with Gasteiger partial charge in [-0.05, 0) is 79.8 Å². The summed E-state index contributed by atoms with van der Waals surface area (Å²) in [6.07, 6.45) is 15.2. The first-order valence-electron chi connectivity index (χ1n) is 12.5. The summed E-state index contributed by atoms with van der Waals surface area (Å²) in [5.74, 6) is 0.0380. The molecule has 5 heteroatoms. The maximum absolute atomic E-state index is 12.3. The SMILES string of the molecule is CCCCCCCCCCCCc1c(C)c(CCCN)c(C)c(S(=O)(=O)O)c1C(C)C. The number of nitrogens with two attached hydrogens (primary N) is 1. The highest BCUT2D eigenvalue weighted by atomic mass is 32.2. The number of hydrogen-bond acceptors (Lipinski definition) is 3. The molecular formula is C26H47NO3S. The van der Waals surface area contributed by atoms with Gasteiger partial charge in [-0.15, -0.1) is 0 Å². The Balaban J connectivity index is 2.93. The fourth-order valence-corrected chi connectivity index (χ4v) is 6.00. The van der Waals surface area contributed by atoms with E-state index < -0.39 is 10.1 Å². The van der Waals surface area contributed by atoms with Gasteiger partial charge in [-0.2, -0.15) is 8.42 Å². The van der Waals surface area contributed by atoms with Crippen molar-refractivity contribution in [1.82, 2.24) is 0 Å². The zero-order valence-corrected chi connectivity index (χ0v) is 21.5. The summed E-state index contributed by atoms with van der Waals surface area (Å²) in [5, 5.41) is 0. The lowest BCUT2D eigenvalue weighted by molar-refractivity contribution is 0.480. The summed E-state index contributed by atoms with van der Waals surface area (Å²) < 4.78 is 34.7. The molecule has 0 aliphatic heterocycles. The lowest BCUT2D eigenvalue weighted by Crippen LogP contribution is -2.16. The van der Waals surface area contributed by atoms with Crippen LogP contribution in [0, 0.1) is 13.8 Å². The minimum absolute atomic E-state index is 0.0380. The molecule has 180 valence electrons. The van der Waals surface area contributed by atoms with E-state index in [2.05, 4.69) is 13.8 Å². The average molecular weight is 454 g/mol. The van der Waals surface area contributed by atoms with Crippen molar-refractivity contribution in [1.29, 1.82) is 0 Å². The lowest BCUT2D eigenvalue weighted by Gasteiger charge is -2.25. The molecule has 1 aromatic rings. The van der Waals surface area contributed by atoms with Gasteiger partial charge < -0.3 is 5.73 Å². The molecule has 0 amide bonds. The van der Waals surface area contributed by atoms with E-state index in [1.54, 1.807) is 0 Å². The first kappa shape index (κ1) is 28.1. The largest absolute Gasteiger partial charge is 0.330 e. The molecule has 0 heterocycles. The predicted octanol–water partition coefficient (Wildman–Crippen LogP) is 7.03. The van der Waals surface area contributed by atoms with Crippen molar-refractivity contribution < 1.29 is 13.0 Å². The Hall–Kier alpha value is -0.910. The van der Waals surface area contributed by atoms with Gasteiger partial charge in [0.15, 0.2) is 0 Å². The van der Waals surface area contributed by atoms with Gasteiger partial charge in [0.2, 0.25) is 0 Å². The van der Waals surface area contributed by atoms with Gasteiger partial charge in [0.05, 0.1) is 0 Å². The molecule has 0 radical (unpaired) electrons. The Kier molecular flexibility index (Phi) is 13.0. The van der Waals surface area contributed by atoms with Crippen LogP contribution in [0.5, 0.6) is 0 Å². The Morgan fingerprint density at radius 2 is 1.26 bits per heavy atom. The van der Waals surface area contributed by atoms with E-state index in [9.17, 15) is 13.0 Å². The molecule has 4 nitrogen and oxygen atoms in total. The van der Waals surface area contributed by atoms with Crippen molar-refractivity contribution in [2.45, 2.75) is 129 Å². The second kappa shape index (κ2) is 14.3.